The zero-order chi connectivity index (χ0) is 11.9. The molecule has 1 unspecified atom stereocenters. The Morgan fingerprint density at radius 1 is 1.59 bits per heavy atom. The molecule has 1 N–H and O–H groups in total. The highest BCUT2D eigenvalue weighted by molar-refractivity contribution is 7.09. The molecule has 0 amide bonds. The van der Waals surface area contributed by atoms with E-state index in [2.05, 4.69) is 11.4 Å². The minimum Gasteiger partial charge on any atom is -0.465 e. The molecule has 0 bridgehead atoms. The molecule has 17 heavy (non-hydrogen) atoms. The zero-order valence-corrected chi connectivity index (χ0v) is 10.8. The molecule has 3 nitrogen and oxygen atoms in total. The number of thiophene rings is 1. The van der Waals surface area contributed by atoms with Gasteiger partial charge in [0.05, 0.1) is 6.61 Å². The number of hydrogen-bond acceptors (Lipinski definition) is 4. The quantitative estimate of drug-likeness (QED) is 0.790. The molecule has 1 aliphatic rings. The summed E-state index contributed by atoms with van der Waals surface area (Å²) in [6, 6.07) is 4.09. The maximum Gasteiger partial charge on any atom is 0.305 e. The fourth-order valence-corrected chi connectivity index (χ4v) is 2.77. The summed E-state index contributed by atoms with van der Waals surface area (Å²) >= 11 is 1.71. The van der Waals surface area contributed by atoms with Crippen molar-refractivity contribution in [2.45, 2.75) is 25.7 Å². The highest BCUT2D eigenvalue weighted by Crippen LogP contribution is 2.15. The van der Waals surface area contributed by atoms with E-state index in [0.29, 0.717) is 18.9 Å². The average Bonchev–Trinajstić information content (AvgIpc) is 2.99. The van der Waals surface area contributed by atoms with Gasteiger partial charge in [0.1, 0.15) is 0 Å². The van der Waals surface area contributed by atoms with E-state index in [4.69, 9.17) is 4.74 Å². The molecule has 4 heteroatoms. The van der Waals surface area contributed by atoms with Crippen LogP contribution < -0.4 is 5.32 Å². The van der Waals surface area contributed by atoms with Gasteiger partial charge in [0, 0.05) is 17.7 Å². The molecule has 94 valence electrons. The van der Waals surface area contributed by atoms with E-state index in [1.54, 1.807) is 11.3 Å². The second-order valence-electron chi connectivity index (χ2n) is 4.45. The number of esters is 1. The van der Waals surface area contributed by atoms with Gasteiger partial charge in [-0.25, -0.2) is 0 Å². The predicted molar refractivity (Wildman–Crippen MR) is 69.2 cm³/mol. The third kappa shape index (κ3) is 4.48. The lowest BCUT2D eigenvalue weighted by Gasteiger charge is -2.07. The molecular formula is C13H19NO2S. The van der Waals surface area contributed by atoms with Gasteiger partial charge in [0.15, 0.2) is 0 Å². The van der Waals surface area contributed by atoms with Gasteiger partial charge in [-0.3, -0.25) is 4.79 Å². The molecule has 1 aromatic heterocycles. The SMILES string of the molecule is O=C(CCC1CCNC1)OCCc1cccs1. The van der Waals surface area contributed by atoms with Gasteiger partial charge in [-0.15, -0.1) is 11.3 Å². The Bertz CT molecular complexity index is 331. The van der Waals surface area contributed by atoms with Crippen molar-refractivity contribution >= 4 is 17.3 Å². The summed E-state index contributed by atoms with van der Waals surface area (Å²) in [5.74, 6) is 0.619. The van der Waals surface area contributed by atoms with E-state index in [9.17, 15) is 4.79 Å². The van der Waals surface area contributed by atoms with Gasteiger partial charge in [0.25, 0.3) is 0 Å². The van der Waals surface area contributed by atoms with E-state index >= 15 is 0 Å². The average molecular weight is 253 g/mol. The largest absolute Gasteiger partial charge is 0.465 e. The van der Waals surface area contributed by atoms with Crippen molar-refractivity contribution in [3.05, 3.63) is 22.4 Å². The Morgan fingerprint density at radius 2 is 2.53 bits per heavy atom. The molecule has 1 saturated heterocycles. The second kappa shape index (κ2) is 6.77. The smallest absolute Gasteiger partial charge is 0.305 e. The van der Waals surface area contributed by atoms with Crippen LogP contribution in [0.3, 0.4) is 0 Å². The van der Waals surface area contributed by atoms with Crippen LogP contribution in [0.15, 0.2) is 17.5 Å². The monoisotopic (exact) mass is 253 g/mol. The van der Waals surface area contributed by atoms with Crippen molar-refractivity contribution in [1.29, 1.82) is 0 Å². The van der Waals surface area contributed by atoms with Crippen molar-refractivity contribution < 1.29 is 9.53 Å². The summed E-state index contributed by atoms with van der Waals surface area (Å²) in [5.41, 5.74) is 0. The number of carbonyl (C=O) groups is 1. The van der Waals surface area contributed by atoms with Gasteiger partial charge in [-0.05, 0) is 43.3 Å². The molecule has 0 aliphatic carbocycles. The van der Waals surface area contributed by atoms with Crippen LogP contribution in [0.25, 0.3) is 0 Å². The number of ether oxygens (including phenoxy) is 1. The van der Waals surface area contributed by atoms with Crippen molar-refractivity contribution in [2.75, 3.05) is 19.7 Å². The van der Waals surface area contributed by atoms with Crippen LogP contribution >= 0.6 is 11.3 Å². The Morgan fingerprint density at radius 3 is 3.24 bits per heavy atom. The third-order valence-electron chi connectivity index (χ3n) is 3.11. The first-order valence-electron chi connectivity index (χ1n) is 6.23. The lowest BCUT2D eigenvalue weighted by Crippen LogP contribution is -2.12. The molecule has 0 radical (unpaired) electrons. The maximum absolute atomic E-state index is 11.5. The van der Waals surface area contributed by atoms with Crippen LogP contribution in [0.1, 0.15) is 24.1 Å². The summed E-state index contributed by atoms with van der Waals surface area (Å²) < 4.78 is 5.22. The summed E-state index contributed by atoms with van der Waals surface area (Å²) in [4.78, 5) is 12.8. The molecule has 2 rings (SSSR count). The Hall–Kier alpha value is -0.870. The summed E-state index contributed by atoms with van der Waals surface area (Å²) in [6.07, 6.45) is 3.57. The molecule has 0 aromatic carbocycles. The Balaban J connectivity index is 1.54. The normalized spacial score (nSPS) is 19.4. The number of nitrogens with one attached hydrogen (secondary N) is 1. The topological polar surface area (TPSA) is 38.3 Å². The maximum atomic E-state index is 11.5. The number of carbonyl (C=O) groups excluding carboxylic acids is 1. The van der Waals surface area contributed by atoms with Crippen molar-refractivity contribution in [2.24, 2.45) is 5.92 Å². The molecule has 1 fully saturated rings. The van der Waals surface area contributed by atoms with Crippen LogP contribution in [0.2, 0.25) is 0 Å². The van der Waals surface area contributed by atoms with Crippen LogP contribution in [0.5, 0.6) is 0 Å². The molecule has 0 spiro atoms. The molecule has 1 aromatic rings. The van der Waals surface area contributed by atoms with E-state index in [1.807, 2.05) is 11.4 Å². The highest BCUT2D eigenvalue weighted by atomic mass is 32.1. The third-order valence-corrected chi connectivity index (χ3v) is 4.05. The van der Waals surface area contributed by atoms with Crippen molar-refractivity contribution in [1.82, 2.24) is 5.32 Å². The molecule has 1 atom stereocenters. The summed E-state index contributed by atoms with van der Waals surface area (Å²) in [7, 11) is 0. The zero-order valence-electron chi connectivity index (χ0n) is 9.98. The fourth-order valence-electron chi connectivity index (χ4n) is 2.08. The van der Waals surface area contributed by atoms with Crippen LogP contribution in [0.4, 0.5) is 0 Å². The second-order valence-corrected chi connectivity index (χ2v) is 5.48. The first-order chi connectivity index (χ1) is 8.34. The van der Waals surface area contributed by atoms with Gasteiger partial charge in [0.2, 0.25) is 0 Å². The minimum absolute atomic E-state index is 0.0477. The van der Waals surface area contributed by atoms with E-state index < -0.39 is 0 Å². The molecule has 2 heterocycles. The van der Waals surface area contributed by atoms with Crippen molar-refractivity contribution in [3.8, 4) is 0 Å². The van der Waals surface area contributed by atoms with E-state index in [-0.39, 0.29) is 5.97 Å². The minimum atomic E-state index is -0.0477. The summed E-state index contributed by atoms with van der Waals surface area (Å²) in [5, 5.41) is 5.35. The fraction of sp³-hybridized carbons (Fsp3) is 0.615. The Labute approximate surface area is 106 Å². The lowest BCUT2D eigenvalue weighted by molar-refractivity contribution is -0.143. The summed E-state index contributed by atoms with van der Waals surface area (Å²) in [6.45, 7) is 2.67. The van der Waals surface area contributed by atoms with E-state index in [1.165, 1.54) is 11.3 Å². The molecule has 1 aliphatic heterocycles. The predicted octanol–water partition coefficient (Wildman–Crippen LogP) is 2.22. The van der Waals surface area contributed by atoms with Gasteiger partial charge in [-0.2, -0.15) is 0 Å². The Kier molecular flexibility index (Phi) is 5.01. The molecular weight excluding hydrogens is 234 g/mol. The van der Waals surface area contributed by atoms with E-state index in [0.717, 1.165) is 25.9 Å². The standard InChI is InChI=1S/C13H19NO2S/c15-13(4-3-11-5-7-14-10-11)16-8-6-12-2-1-9-17-12/h1-2,9,11,14H,3-8,10H2. The van der Waals surface area contributed by atoms with Crippen LogP contribution in [0, 0.1) is 5.92 Å². The first kappa shape index (κ1) is 12.6. The number of hydrogen-bond donors (Lipinski definition) is 1. The molecule has 0 saturated carbocycles. The van der Waals surface area contributed by atoms with Gasteiger partial charge >= 0.3 is 5.97 Å². The van der Waals surface area contributed by atoms with Gasteiger partial charge < -0.3 is 10.1 Å². The lowest BCUT2D eigenvalue weighted by atomic mass is 10.0. The van der Waals surface area contributed by atoms with Crippen LogP contribution in [-0.4, -0.2) is 25.7 Å². The van der Waals surface area contributed by atoms with Gasteiger partial charge in [-0.1, -0.05) is 6.07 Å². The first-order valence-corrected chi connectivity index (χ1v) is 7.11. The van der Waals surface area contributed by atoms with Crippen molar-refractivity contribution in [3.63, 3.8) is 0 Å². The number of rotatable bonds is 6. The highest BCUT2D eigenvalue weighted by Gasteiger charge is 2.15. The van der Waals surface area contributed by atoms with Crippen LogP contribution in [-0.2, 0) is 16.0 Å².